The first-order valence-electron chi connectivity index (χ1n) is 6.68. The van der Waals surface area contributed by atoms with Gasteiger partial charge in [-0.3, -0.25) is 0 Å². The zero-order valence-electron chi connectivity index (χ0n) is 11.3. The summed E-state index contributed by atoms with van der Waals surface area (Å²) in [5.41, 5.74) is 2.72. The van der Waals surface area contributed by atoms with E-state index in [1.165, 1.54) is 0 Å². The van der Waals surface area contributed by atoms with Crippen LogP contribution in [0.4, 0.5) is 5.69 Å². The van der Waals surface area contributed by atoms with Crippen molar-refractivity contribution >= 4 is 5.69 Å². The molecule has 0 saturated carbocycles. The van der Waals surface area contributed by atoms with Gasteiger partial charge >= 0.3 is 0 Å². The van der Waals surface area contributed by atoms with Crippen molar-refractivity contribution in [2.75, 3.05) is 5.32 Å². The molecular weight excluding hydrogens is 260 g/mol. The number of nitriles is 1. The molecule has 0 aliphatic rings. The van der Waals surface area contributed by atoms with Crippen molar-refractivity contribution in [3.63, 3.8) is 0 Å². The lowest BCUT2D eigenvalue weighted by atomic mass is 10.1. The fraction of sp³-hybridized carbons (Fsp3) is 0.0588. The maximum Gasteiger partial charge on any atom is 0.143 e. The summed E-state index contributed by atoms with van der Waals surface area (Å²) in [4.78, 5) is 0. The van der Waals surface area contributed by atoms with Crippen LogP contribution in [0, 0.1) is 11.3 Å². The highest BCUT2D eigenvalue weighted by Gasteiger charge is 2.13. The molecule has 3 rings (SSSR count). The van der Waals surface area contributed by atoms with E-state index in [1.807, 2.05) is 66.9 Å². The van der Waals surface area contributed by atoms with Gasteiger partial charge < -0.3 is 5.32 Å². The third-order valence-electron chi connectivity index (χ3n) is 3.17. The molecule has 4 nitrogen and oxygen atoms in total. The van der Waals surface area contributed by atoms with E-state index in [-0.39, 0.29) is 0 Å². The van der Waals surface area contributed by atoms with E-state index in [9.17, 15) is 5.26 Å². The minimum absolute atomic E-state index is 0.426. The van der Waals surface area contributed by atoms with Gasteiger partial charge in [0.15, 0.2) is 0 Å². The lowest BCUT2D eigenvalue weighted by molar-refractivity contribution is 0.879. The Labute approximate surface area is 123 Å². The molecule has 1 unspecified atom stereocenters. The van der Waals surface area contributed by atoms with Gasteiger partial charge in [-0.25, -0.2) is 4.68 Å². The number of para-hydroxylation sites is 2. The summed E-state index contributed by atoms with van der Waals surface area (Å²) in [6.45, 7) is 0. The highest BCUT2D eigenvalue weighted by molar-refractivity contribution is 5.47. The van der Waals surface area contributed by atoms with Gasteiger partial charge in [0.2, 0.25) is 0 Å². The topological polar surface area (TPSA) is 53.6 Å². The highest BCUT2D eigenvalue weighted by atomic mass is 15.3. The average Bonchev–Trinajstić information content (AvgIpc) is 3.04. The Morgan fingerprint density at radius 1 is 1.00 bits per heavy atom. The van der Waals surface area contributed by atoms with E-state index >= 15 is 0 Å². The van der Waals surface area contributed by atoms with Crippen LogP contribution >= 0.6 is 0 Å². The Hall–Kier alpha value is -3.06. The van der Waals surface area contributed by atoms with Crippen molar-refractivity contribution in [1.29, 1.82) is 5.26 Å². The Balaban J connectivity index is 1.83. The second-order valence-corrected chi connectivity index (χ2v) is 4.63. The quantitative estimate of drug-likeness (QED) is 0.791. The molecule has 0 radical (unpaired) electrons. The lowest BCUT2D eigenvalue weighted by Gasteiger charge is -2.10. The fourth-order valence-electron chi connectivity index (χ4n) is 2.10. The van der Waals surface area contributed by atoms with Gasteiger partial charge in [-0.2, -0.15) is 10.4 Å². The molecule has 4 heteroatoms. The van der Waals surface area contributed by atoms with Gasteiger partial charge in [0, 0.05) is 17.4 Å². The molecule has 0 bridgehead atoms. The van der Waals surface area contributed by atoms with Crippen molar-refractivity contribution in [3.05, 3.63) is 78.6 Å². The third-order valence-corrected chi connectivity index (χ3v) is 3.17. The minimum atomic E-state index is -0.426. The molecule has 1 atom stereocenters. The number of hydrogen-bond acceptors (Lipinski definition) is 3. The molecule has 1 N–H and O–H groups in total. The van der Waals surface area contributed by atoms with Gasteiger partial charge in [-0.05, 0) is 24.3 Å². The van der Waals surface area contributed by atoms with Crippen LogP contribution in [0.5, 0.6) is 0 Å². The van der Waals surface area contributed by atoms with E-state index in [0.29, 0.717) is 0 Å². The fourth-order valence-corrected chi connectivity index (χ4v) is 2.10. The van der Waals surface area contributed by atoms with Crippen LogP contribution in [0.1, 0.15) is 11.6 Å². The van der Waals surface area contributed by atoms with E-state index in [1.54, 1.807) is 10.9 Å². The second-order valence-electron chi connectivity index (χ2n) is 4.63. The molecule has 1 heterocycles. The van der Waals surface area contributed by atoms with E-state index in [0.717, 1.165) is 16.9 Å². The summed E-state index contributed by atoms with van der Waals surface area (Å²) < 4.78 is 1.77. The smallest absolute Gasteiger partial charge is 0.143 e. The summed E-state index contributed by atoms with van der Waals surface area (Å²) in [7, 11) is 0. The SMILES string of the molecule is N#CC(Nc1ccccc1)c1cnn(-c2ccccc2)c1. The lowest BCUT2D eigenvalue weighted by Crippen LogP contribution is -2.07. The summed E-state index contributed by atoms with van der Waals surface area (Å²) in [6.07, 6.45) is 3.59. The van der Waals surface area contributed by atoms with Crippen molar-refractivity contribution in [3.8, 4) is 11.8 Å². The maximum absolute atomic E-state index is 9.37. The third kappa shape index (κ3) is 2.93. The minimum Gasteiger partial charge on any atom is -0.366 e. The normalized spacial score (nSPS) is 11.6. The van der Waals surface area contributed by atoms with Crippen LogP contribution < -0.4 is 5.32 Å². The van der Waals surface area contributed by atoms with Gasteiger partial charge in [0.1, 0.15) is 6.04 Å². The first-order valence-corrected chi connectivity index (χ1v) is 6.68. The van der Waals surface area contributed by atoms with E-state index in [4.69, 9.17) is 0 Å². The molecule has 0 fully saturated rings. The van der Waals surface area contributed by atoms with Gasteiger partial charge in [-0.15, -0.1) is 0 Å². The van der Waals surface area contributed by atoms with Crippen molar-refractivity contribution in [1.82, 2.24) is 9.78 Å². The maximum atomic E-state index is 9.37. The first-order chi connectivity index (χ1) is 10.4. The van der Waals surface area contributed by atoms with E-state index in [2.05, 4.69) is 16.5 Å². The van der Waals surface area contributed by atoms with Crippen molar-refractivity contribution in [2.24, 2.45) is 0 Å². The largest absolute Gasteiger partial charge is 0.366 e. The monoisotopic (exact) mass is 274 g/mol. The number of benzene rings is 2. The number of aromatic nitrogens is 2. The Bertz CT molecular complexity index is 741. The van der Waals surface area contributed by atoms with Crippen molar-refractivity contribution in [2.45, 2.75) is 6.04 Å². The zero-order chi connectivity index (χ0) is 14.5. The molecular formula is C17H14N4. The summed E-state index contributed by atoms with van der Waals surface area (Å²) in [6, 6.07) is 21.4. The molecule has 21 heavy (non-hydrogen) atoms. The Morgan fingerprint density at radius 2 is 1.67 bits per heavy atom. The molecule has 0 aliphatic heterocycles. The van der Waals surface area contributed by atoms with Gasteiger partial charge in [0.25, 0.3) is 0 Å². The zero-order valence-corrected chi connectivity index (χ0v) is 11.3. The number of nitrogens with zero attached hydrogens (tertiary/aromatic N) is 3. The number of nitrogens with one attached hydrogen (secondary N) is 1. The molecule has 0 saturated heterocycles. The summed E-state index contributed by atoms with van der Waals surface area (Å²) >= 11 is 0. The second kappa shape index (κ2) is 5.93. The molecule has 1 aromatic heterocycles. The predicted molar refractivity (Wildman–Crippen MR) is 82.0 cm³/mol. The van der Waals surface area contributed by atoms with Crippen LogP contribution in [0.25, 0.3) is 5.69 Å². The standard InChI is InChI=1S/C17H14N4/c18-11-17(20-15-7-3-1-4-8-15)14-12-19-21(13-14)16-9-5-2-6-10-16/h1-10,12-13,17,20H. The Kier molecular flexibility index (Phi) is 3.66. The van der Waals surface area contributed by atoms with Crippen LogP contribution in [0.3, 0.4) is 0 Å². The molecule has 102 valence electrons. The number of hydrogen-bond donors (Lipinski definition) is 1. The predicted octanol–water partition coefficient (Wildman–Crippen LogP) is 3.55. The van der Waals surface area contributed by atoms with Gasteiger partial charge in [0.05, 0.1) is 18.0 Å². The highest BCUT2D eigenvalue weighted by Crippen LogP contribution is 2.19. The summed E-state index contributed by atoms with van der Waals surface area (Å²) in [5.74, 6) is 0. The molecule has 0 spiro atoms. The average molecular weight is 274 g/mol. The van der Waals surface area contributed by atoms with Crippen LogP contribution in [0.15, 0.2) is 73.1 Å². The number of rotatable bonds is 4. The molecule has 2 aromatic carbocycles. The van der Waals surface area contributed by atoms with Crippen LogP contribution in [-0.2, 0) is 0 Å². The molecule has 0 amide bonds. The van der Waals surface area contributed by atoms with Crippen molar-refractivity contribution < 1.29 is 0 Å². The molecule has 0 aliphatic carbocycles. The van der Waals surface area contributed by atoms with Crippen LogP contribution in [-0.4, -0.2) is 9.78 Å². The Morgan fingerprint density at radius 3 is 2.33 bits per heavy atom. The molecule has 3 aromatic rings. The van der Waals surface area contributed by atoms with E-state index < -0.39 is 6.04 Å². The summed E-state index contributed by atoms with van der Waals surface area (Å²) in [5, 5.41) is 16.9. The first kappa shape index (κ1) is 12.9. The van der Waals surface area contributed by atoms with Crippen LogP contribution in [0.2, 0.25) is 0 Å². The van der Waals surface area contributed by atoms with Gasteiger partial charge in [-0.1, -0.05) is 36.4 Å². The number of anilines is 1.